The summed E-state index contributed by atoms with van der Waals surface area (Å²) in [5, 5.41) is 11.8. The number of rotatable bonds is 7. The van der Waals surface area contributed by atoms with E-state index in [1.807, 2.05) is 31.2 Å². The second-order valence-corrected chi connectivity index (χ2v) is 9.29. The van der Waals surface area contributed by atoms with E-state index in [-0.39, 0.29) is 6.61 Å². The molecule has 2 heterocycles. The molecular formula is C22H25ClN4O3S. The van der Waals surface area contributed by atoms with Gasteiger partial charge in [-0.25, -0.2) is 4.98 Å². The summed E-state index contributed by atoms with van der Waals surface area (Å²) in [4.78, 5) is 20.2. The van der Waals surface area contributed by atoms with Gasteiger partial charge >= 0.3 is 0 Å². The average molecular weight is 461 g/mol. The van der Waals surface area contributed by atoms with Gasteiger partial charge in [0.25, 0.3) is 0 Å². The number of benzene rings is 2. The lowest BCUT2D eigenvalue weighted by atomic mass is 10.1. The van der Waals surface area contributed by atoms with E-state index in [1.54, 1.807) is 23.5 Å². The Labute approximate surface area is 190 Å². The second kappa shape index (κ2) is 9.40. The zero-order valence-corrected chi connectivity index (χ0v) is 18.8. The summed E-state index contributed by atoms with van der Waals surface area (Å²) in [6.45, 7) is 6.01. The van der Waals surface area contributed by atoms with Crippen LogP contribution in [0.15, 0.2) is 36.4 Å². The molecule has 3 aromatic rings. The third kappa shape index (κ3) is 5.27. The van der Waals surface area contributed by atoms with E-state index in [0.717, 1.165) is 52.8 Å². The molecule has 164 valence electrons. The maximum Gasteiger partial charge on any atom is 0.250 e. The van der Waals surface area contributed by atoms with Gasteiger partial charge in [-0.05, 0) is 37.3 Å². The summed E-state index contributed by atoms with van der Waals surface area (Å²) < 4.78 is 6.92. The Hall–Kier alpha value is -2.39. The number of nitrogens with two attached hydrogens (primary N) is 1. The third-order valence-electron chi connectivity index (χ3n) is 5.33. The van der Waals surface area contributed by atoms with Crippen molar-refractivity contribution in [1.29, 1.82) is 0 Å². The van der Waals surface area contributed by atoms with Crippen molar-refractivity contribution in [2.75, 3.05) is 44.2 Å². The normalized spacial score (nSPS) is 15.9. The summed E-state index contributed by atoms with van der Waals surface area (Å²) in [5.74, 6) is 0.192. The molecule has 1 aliphatic rings. The number of amides is 1. The predicted octanol–water partition coefficient (Wildman–Crippen LogP) is 2.92. The lowest BCUT2D eigenvalue weighted by Crippen LogP contribution is -2.49. The highest BCUT2D eigenvalue weighted by atomic mass is 35.5. The number of thiazole rings is 1. The number of aliphatic hydroxyl groups excluding tert-OH is 1. The number of ether oxygens (including phenoxy) is 1. The quantitative estimate of drug-likeness (QED) is 0.563. The SMILES string of the molecule is Cc1nc2cc(OC[C@H](O)CN3CCN(c4ccc(C(N)=O)c(Cl)c4)CC3)ccc2s1. The molecule has 0 bridgehead atoms. The second-order valence-electron chi connectivity index (χ2n) is 7.64. The number of primary amides is 1. The molecule has 0 radical (unpaired) electrons. The van der Waals surface area contributed by atoms with Crippen LogP contribution in [0, 0.1) is 6.92 Å². The summed E-state index contributed by atoms with van der Waals surface area (Å²) in [6, 6.07) is 11.1. The van der Waals surface area contributed by atoms with Crippen LogP contribution in [0.1, 0.15) is 15.4 Å². The van der Waals surface area contributed by atoms with E-state index in [9.17, 15) is 9.90 Å². The molecule has 9 heteroatoms. The number of hydrogen-bond acceptors (Lipinski definition) is 7. The van der Waals surface area contributed by atoms with Crippen LogP contribution in [0.4, 0.5) is 5.69 Å². The van der Waals surface area contributed by atoms with Crippen LogP contribution in [-0.4, -0.2) is 66.3 Å². The van der Waals surface area contributed by atoms with Gasteiger partial charge in [0, 0.05) is 44.5 Å². The Morgan fingerprint density at radius 2 is 2.03 bits per heavy atom. The first-order chi connectivity index (χ1) is 14.9. The molecule has 1 aromatic heterocycles. The molecule has 1 amide bonds. The minimum absolute atomic E-state index is 0.235. The zero-order chi connectivity index (χ0) is 22.0. The van der Waals surface area contributed by atoms with Gasteiger partial charge in [0.1, 0.15) is 18.5 Å². The van der Waals surface area contributed by atoms with E-state index in [4.69, 9.17) is 22.1 Å². The van der Waals surface area contributed by atoms with Crippen molar-refractivity contribution in [3.63, 3.8) is 0 Å². The fourth-order valence-electron chi connectivity index (χ4n) is 3.74. The number of fused-ring (bicyclic) bond motifs is 1. The van der Waals surface area contributed by atoms with Gasteiger partial charge in [-0.2, -0.15) is 0 Å². The molecular weight excluding hydrogens is 436 g/mol. The molecule has 7 nitrogen and oxygen atoms in total. The lowest BCUT2D eigenvalue weighted by molar-refractivity contribution is 0.0663. The minimum Gasteiger partial charge on any atom is -0.491 e. The van der Waals surface area contributed by atoms with Crippen LogP contribution in [0.5, 0.6) is 5.75 Å². The van der Waals surface area contributed by atoms with Crippen LogP contribution in [0.2, 0.25) is 5.02 Å². The van der Waals surface area contributed by atoms with Gasteiger partial charge in [-0.1, -0.05) is 11.6 Å². The maximum atomic E-state index is 11.3. The molecule has 1 saturated heterocycles. The molecule has 1 atom stereocenters. The molecule has 0 aliphatic carbocycles. The van der Waals surface area contributed by atoms with E-state index in [1.165, 1.54) is 0 Å². The smallest absolute Gasteiger partial charge is 0.250 e. The number of nitrogens with zero attached hydrogens (tertiary/aromatic N) is 3. The predicted molar refractivity (Wildman–Crippen MR) is 124 cm³/mol. The van der Waals surface area contributed by atoms with E-state index in [0.29, 0.717) is 17.1 Å². The van der Waals surface area contributed by atoms with Crippen molar-refractivity contribution < 1.29 is 14.6 Å². The number of aromatic nitrogens is 1. The van der Waals surface area contributed by atoms with Gasteiger partial charge in [-0.3, -0.25) is 9.69 Å². The largest absolute Gasteiger partial charge is 0.491 e. The summed E-state index contributed by atoms with van der Waals surface area (Å²) in [5.41, 5.74) is 7.53. The van der Waals surface area contributed by atoms with Crippen molar-refractivity contribution in [3.8, 4) is 5.75 Å². The first-order valence-corrected chi connectivity index (χ1v) is 11.3. The summed E-state index contributed by atoms with van der Waals surface area (Å²) in [7, 11) is 0. The maximum absolute atomic E-state index is 11.3. The first kappa shape index (κ1) is 21.8. The minimum atomic E-state index is -0.580. The Balaban J connectivity index is 1.25. The Bertz CT molecular complexity index is 1080. The molecule has 31 heavy (non-hydrogen) atoms. The highest BCUT2D eigenvalue weighted by Gasteiger charge is 2.21. The Kier molecular flexibility index (Phi) is 6.62. The number of β-amino-alcohol motifs (C(OH)–C–C–N with tert-alkyl or cyclic N) is 1. The highest BCUT2D eigenvalue weighted by Crippen LogP contribution is 2.26. The van der Waals surface area contributed by atoms with E-state index < -0.39 is 12.0 Å². The van der Waals surface area contributed by atoms with Crippen molar-refractivity contribution in [1.82, 2.24) is 9.88 Å². The highest BCUT2D eigenvalue weighted by molar-refractivity contribution is 7.18. The van der Waals surface area contributed by atoms with Gasteiger partial charge in [0.15, 0.2) is 0 Å². The standard InChI is InChI=1S/C22H25ClN4O3S/c1-14-25-20-11-17(3-5-21(20)31-14)30-13-16(28)12-26-6-8-27(9-7-26)15-2-4-18(22(24)29)19(23)10-15/h2-5,10-11,16,28H,6-9,12-13H2,1H3,(H2,24,29)/t16-/m1/s1. The molecule has 1 fully saturated rings. The first-order valence-electron chi connectivity index (χ1n) is 10.1. The van der Waals surface area contributed by atoms with Crippen LogP contribution in [-0.2, 0) is 0 Å². The van der Waals surface area contributed by atoms with E-state index in [2.05, 4.69) is 14.8 Å². The fraction of sp³-hybridized carbons (Fsp3) is 0.364. The van der Waals surface area contributed by atoms with Crippen molar-refractivity contribution >= 4 is 44.7 Å². The molecule has 3 N–H and O–H groups in total. The van der Waals surface area contributed by atoms with Gasteiger partial charge in [0.2, 0.25) is 5.91 Å². The molecule has 0 unspecified atom stereocenters. The van der Waals surface area contributed by atoms with Gasteiger partial charge in [0.05, 0.1) is 25.8 Å². The number of piperazine rings is 1. The monoisotopic (exact) mass is 460 g/mol. The van der Waals surface area contributed by atoms with Gasteiger partial charge < -0.3 is 20.5 Å². The molecule has 0 spiro atoms. The van der Waals surface area contributed by atoms with Crippen LogP contribution in [0.3, 0.4) is 0 Å². The van der Waals surface area contributed by atoms with Crippen LogP contribution < -0.4 is 15.4 Å². The molecule has 1 aliphatic heterocycles. The number of aliphatic hydroxyl groups is 1. The average Bonchev–Trinajstić information content (AvgIpc) is 3.11. The number of halogens is 1. The number of carbonyl (C=O) groups excluding carboxylic acids is 1. The molecule has 0 saturated carbocycles. The topological polar surface area (TPSA) is 91.9 Å². The molecule has 4 rings (SSSR count). The van der Waals surface area contributed by atoms with E-state index >= 15 is 0 Å². The number of aryl methyl sites for hydroxylation is 1. The summed E-state index contributed by atoms with van der Waals surface area (Å²) >= 11 is 7.83. The Morgan fingerprint density at radius 3 is 2.74 bits per heavy atom. The van der Waals surface area contributed by atoms with Crippen molar-refractivity contribution in [3.05, 3.63) is 52.0 Å². The van der Waals surface area contributed by atoms with Crippen LogP contribution >= 0.6 is 22.9 Å². The lowest BCUT2D eigenvalue weighted by Gasteiger charge is -2.37. The fourth-order valence-corrected chi connectivity index (χ4v) is 4.82. The van der Waals surface area contributed by atoms with Crippen molar-refractivity contribution in [2.24, 2.45) is 5.73 Å². The van der Waals surface area contributed by atoms with Gasteiger partial charge in [-0.15, -0.1) is 11.3 Å². The summed E-state index contributed by atoms with van der Waals surface area (Å²) in [6.07, 6.45) is -0.580. The third-order valence-corrected chi connectivity index (χ3v) is 6.60. The number of carbonyl (C=O) groups is 1. The Morgan fingerprint density at radius 1 is 1.26 bits per heavy atom. The molecule has 2 aromatic carbocycles. The number of anilines is 1. The number of hydrogen-bond donors (Lipinski definition) is 2. The van der Waals surface area contributed by atoms with Crippen LogP contribution in [0.25, 0.3) is 10.2 Å². The van der Waals surface area contributed by atoms with Crippen molar-refractivity contribution in [2.45, 2.75) is 13.0 Å². The zero-order valence-electron chi connectivity index (χ0n) is 17.3.